The van der Waals surface area contributed by atoms with E-state index in [1.165, 1.54) is 0 Å². The van der Waals surface area contributed by atoms with E-state index in [2.05, 4.69) is 0 Å². The molecule has 1 unspecified atom stereocenters. The van der Waals surface area contributed by atoms with Gasteiger partial charge in [0.2, 0.25) is 5.78 Å². The van der Waals surface area contributed by atoms with Crippen LogP contribution in [0.5, 0.6) is 0 Å². The maximum absolute atomic E-state index is 12.9. The van der Waals surface area contributed by atoms with Crippen LogP contribution in [0.3, 0.4) is 0 Å². The van der Waals surface area contributed by atoms with E-state index in [0.29, 0.717) is 21.7 Å². The number of ketones is 1. The van der Waals surface area contributed by atoms with Crippen LogP contribution >= 0.6 is 11.6 Å². The SMILES string of the molecule is O=C(OC(C(=O)c1ccccc1)c1ccccc1)c1ccc(Cl)cc1. The molecular formula is C21H15ClO3. The molecule has 1 atom stereocenters. The van der Waals surface area contributed by atoms with Crippen LogP contribution in [0.4, 0.5) is 0 Å². The third kappa shape index (κ3) is 4.14. The van der Waals surface area contributed by atoms with Crippen molar-refractivity contribution in [2.24, 2.45) is 0 Å². The van der Waals surface area contributed by atoms with Crippen LogP contribution in [0.2, 0.25) is 5.02 Å². The van der Waals surface area contributed by atoms with Crippen molar-refractivity contribution in [3.8, 4) is 0 Å². The number of carbonyl (C=O) groups is 2. The van der Waals surface area contributed by atoms with E-state index in [9.17, 15) is 9.59 Å². The summed E-state index contributed by atoms with van der Waals surface area (Å²) in [7, 11) is 0. The molecule has 0 heterocycles. The molecule has 3 aromatic rings. The van der Waals surface area contributed by atoms with Gasteiger partial charge < -0.3 is 4.74 Å². The average Bonchev–Trinajstić information content (AvgIpc) is 2.67. The number of hydrogen-bond donors (Lipinski definition) is 0. The van der Waals surface area contributed by atoms with Gasteiger partial charge in [0.1, 0.15) is 0 Å². The molecule has 0 aliphatic carbocycles. The molecule has 0 fully saturated rings. The van der Waals surface area contributed by atoms with Crippen molar-refractivity contribution in [3.05, 3.63) is 107 Å². The summed E-state index contributed by atoms with van der Waals surface area (Å²) in [6.45, 7) is 0. The molecule has 0 saturated carbocycles. The number of ether oxygens (including phenoxy) is 1. The number of carbonyl (C=O) groups excluding carboxylic acids is 2. The Bertz CT molecular complexity index is 859. The third-order valence-electron chi connectivity index (χ3n) is 3.70. The Morgan fingerprint density at radius 3 is 1.88 bits per heavy atom. The van der Waals surface area contributed by atoms with Crippen molar-refractivity contribution in [1.82, 2.24) is 0 Å². The summed E-state index contributed by atoms with van der Waals surface area (Å²) >= 11 is 5.84. The van der Waals surface area contributed by atoms with Crippen molar-refractivity contribution in [2.75, 3.05) is 0 Å². The Balaban J connectivity index is 1.90. The summed E-state index contributed by atoms with van der Waals surface area (Å²) in [5.74, 6) is -0.844. The first-order valence-corrected chi connectivity index (χ1v) is 8.14. The Kier molecular flexibility index (Phi) is 5.26. The zero-order valence-electron chi connectivity index (χ0n) is 13.3. The number of halogens is 1. The van der Waals surface area contributed by atoms with Gasteiger partial charge in [0.05, 0.1) is 5.56 Å². The molecule has 25 heavy (non-hydrogen) atoms. The van der Waals surface area contributed by atoms with Gasteiger partial charge >= 0.3 is 5.97 Å². The molecule has 0 radical (unpaired) electrons. The van der Waals surface area contributed by atoms with Gasteiger partial charge in [-0.25, -0.2) is 4.79 Å². The van der Waals surface area contributed by atoms with Crippen molar-refractivity contribution in [2.45, 2.75) is 6.10 Å². The van der Waals surface area contributed by atoms with Gasteiger partial charge in [-0.3, -0.25) is 4.79 Å². The van der Waals surface area contributed by atoms with Crippen molar-refractivity contribution in [1.29, 1.82) is 0 Å². The number of Topliss-reactive ketones (excluding diaryl/α,β-unsaturated/α-hetero) is 1. The fourth-order valence-electron chi connectivity index (χ4n) is 2.42. The van der Waals surface area contributed by atoms with Crippen molar-refractivity contribution >= 4 is 23.4 Å². The van der Waals surface area contributed by atoms with Crippen LogP contribution in [0, 0.1) is 0 Å². The molecule has 0 aromatic heterocycles. The largest absolute Gasteiger partial charge is 0.445 e. The highest BCUT2D eigenvalue weighted by molar-refractivity contribution is 6.30. The van der Waals surface area contributed by atoms with Crippen molar-refractivity contribution < 1.29 is 14.3 Å². The molecule has 0 saturated heterocycles. The maximum Gasteiger partial charge on any atom is 0.339 e. The van der Waals surface area contributed by atoms with E-state index in [0.717, 1.165) is 0 Å². The van der Waals surface area contributed by atoms with E-state index < -0.39 is 12.1 Å². The fourth-order valence-corrected chi connectivity index (χ4v) is 2.54. The molecular weight excluding hydrogens is 336 g/mol. The Morgan fingerprint density at radius 1 is 0.720 bits per heavy atom. The number of hydrogen-bond acceptors (Lipinski definition) is 3. The number of benzene rings is 3. The van der Waals surface area contributed by atoms with Crippen LogP contribution in [0.15, 0.2) is 84.9 Å². The van der Waals surface area contributed by atoms with Gasteiger partial charge in [0, 0.05) is 16.1 Å². The number of esters is 1. The van der Waals surface area contributed by atoms with Crippen LogP contribution in [0.25, 0.3) is 0 Å². The topological polar surface area (TPSA) is 43.4 Å². The van der Waals surface area contributed by atoms with Gasteiger partial charge in [-0.05, 0) is 24.3 Å². The zero-order chi connectivity index (χ0) is 17.6. The Labute approximate surface area is 150 Å². The second kappa shape index (κ2) is 7.77. The standard InChI is InChI=1S/C21H15ClO3/c22-18-13-11-17(12-14-18)21(24)25-20(16-9-5-2-6-10-16)19(23)15-7-3-1-4-8-15/h1-14,20H. The molecule has 3 rings (SSSR count). The minimum Gasteiger partial charge on any atom is -0.445 e. The molecule has 0 spiro atoms. The lowest BCUT2D eigenvalue weighted by Gasteiger charge is -2.17. The van der Waals surface area contributed by atoms with E-state index in [4.69, 9.17) is 16.3 Å². The summed E-state index contributed by atoms with van der Waals surface area (Å²) in [5, 5.41) is 0.525. The predicted molar refractivity (Wildman–Crippen MR) is 96.8 cm³/mol. The van der Waals surface area contributed by atoms with Gasteiger partial charge in [0.15, 0.2) is 6.10 Å². The van der Waals surface area contributed by atoms with E-state index >= 15 is 0 Å². The summed E-state index contributed by atoms with van der Waals surface area (Å²) < 4.78 is 5.55. The molecule has 3 nitrogen and oxygen atoms in total. The van der Waals surface area contributed by atoms with E-state index in [-0.39, 0.29) is 5.78 Å². The van der Waals surface area contributed by atoms with Gasteiger partial charge in [-0.1, -0.05) is 72.3 Å². The highest BCUT2D eigenvalue weighted by Gasteiger charge is 2.26. The highest BCUT2D eigenvalue weighted by Crippen LogP contribution is 2.24. The van der Waals surface area contributed by atoms with Crippen LogP contribution in [-0.4, -0.2) is 11.8 Å². The quantitative estimate of drug-likeness (QED) is 0.473. The van der Waals surface area contributed by atoms with Crippen LogP contribution in [0.1, 0.15) is 32.4 Å². The summed E-state index contributed by atoms with van der Waals surface area (Å²) in [4.78, 5) is 25.3. The highest BCUT2D eigenvalue weighted by atomic mass is 35.5. The monoisotopic (exact) mass is 350 g/mol. The van der Waals surface area contributed by atoms with E-state index in [1.807, 2.05) is 12.1 Å². The first kappa shape index (κ1) is 16.9. The predicted octanol–water partition coefficient (Wildman–Crippen LogP) is 5.12. The first-order chi connectivity index (χ1) is 12.1. The molecule has 3 aromatic carbocycles. The normalized spacial score (nSPS) is 11.6. The van der Waals surface area contributed by atoms with Gasteiger partial charge in [-0.15, -0.1) is 0 Å². The summed E-state index contributed by atoms with van der Waals surface area (Å²) in [6, 6.07) is 24.1. The second-order valence-corrected chi connectivity index (χ2v) is 5.87. The second-order valence-electron chi connectivity index (χ2n) is 5.43. The fraction of sp³-hybridized carbons (Fsp3) is 0.0476. The van der Waals surface area contributed by atoms with Crippen LogP contribution < -0.4 is 0 Å². The zero-order valence-corrected chi connectivity index (χ0v) is 14.0. The Hall–Kier alpha value is -2.91. The lowest BCUT2D eigenvalue weighted by Crippen LogP contribution is -2.20. The lowest BCUT2D eigenvalue weighted by molar-refractivity contribution is 0.0280. The molecule has 0 aliphatic rings. The molecule has 0 amide bonds. The average molecular weight is 351 g/mol. The third-order valence-corrected chi connectivity index (χ3v) is 3.96. The molecule has 4 heteroatoms. The summed E-state index contributed by atoms with van der Waals surface area (Å²) in [5.41, 5.74) is 1.45. The van der Waals surface area contributed by atoms with Crippen molar-refractivity contribution in [3.63, 3.8) is 0 Å². The van der Waals surface area contributed by atoms with Gasteiger partial charge in [-0.2, -0.15) is 0 Å². The van der Waals surface area contributed by atoms with Gasteiger partial charge in [0.25, 0.3) is 0 Å². The molecule has 0 aliphatic heterocycles. The number of rotatable bonds is 5. The summed E-state index contributed by atoms with van der Waals surface area (Å²) in [6.07, 6.45) is -1.01. The molecule has 0 bridgehead atoms. The minimum atomic E-state index is -1.01. The Morgan fingerprint density at radius 2 is 1.28 bits per heavy atom. The van der Waals surface area contributed by atoms with E-state index in [1.54, 1.807) is 72.8 Å². The lowest BCUT2D eigenvalue weighted by atomic mass is 10.00. The molecule has 0 N–H and O–H groups in total. The maximum atomic E-state index is 12.9. The molecule has 124 valence electrons. The smallest absolute Gasteiger partial charge is 0.339 e. The van der Waals surface area contributed by atoms with Crippen LogP contribution in [-0.2, 0) is 4.74 Å². The first-order valence-electron chi connectivity index (χ1n) is 7.76. The minimum absolute atomic E-state index is 0.269.